The smallest absolute Gasteiger partial charge is 0.257 e. The van der Waals surface area contributed by atoms with Gasteiger partial charge in [0, 0.05) is 13.1 Å². The molecule has 1 aromatic carbocycles. The summed E-state index contributed by atoms with van der Waals surface area (Å²) < 4.78 is 0. The van der Waals surface area contributed by atoms with Crippen LogP contribution in [0.1, 0.15) is 24.2 Å². The van der Waals surface area contributed by atoms with Gasteiger partial charge < -0.3 is 15.1 Å². The van der Waals surface area contributed by atoms with Crippen LogP contribution in [-0.4, -0.2) is 34.1 Å². The zero-order valence-corrected chi connectivity index (χ0v) is 10.1. The fourth-order valence-electron chi connectivity index (χ4n) is 2.16. The van der Waals surface area contributed by atoms with Gasteiger partial charge in [0.25, 0.3) is 5.91 Å². The molecule has 0 bridgehead atoms. The third-order valence-electron chi connectivity index (χ3n) is 3.49. The van der Waals surface area contributed by atoms with Crippen LogP contribution >= 0.6 is 0 Å². The Morgan fingerprint density at radius 3 is 2.41 bits per heavy atom. The van der Waals surface area contributed by atoms with Crippen LogP contribution in [0, 0.1) is 11.8 Å². The van der Waals surface area contributed by atoms with E-state index >= 15 is 0 Å². The summed E-state index contributed by atoms with van der Waals surface area (Å²) >= 11 is 0. The van der Waals surface area contributed by atoms with E-state index in [2.05, 4.69) is 13.8 Å². The molecule has 0 saturated carbocycles. The summed E-state index contributed by atoms with van der Waals surface area (Å²) in [4.78, 5) is 13.9. The van der Waals surface area contributed by atoms with Gasteiger partial charge in [-0.15, -0.1) is 0 Å². The van der Waals surface area contributed by atoms with Crippen LogP contribution in [0.4, 0.5) is 0 Å². The van der Waals surface area contributed by atoms with E-state index < -0.39 is 0 Å². The van der Waals surface area contributed by atoms with Crippen LogP contribution in [0.2, 0.25) is 0 Å². The second kappa shape index (κ2) is 4.28. The summed E-state index contributed by atoms with van der Waals surface area (Å²) in [6.07, 6.45) is 0. The van der Waals surface area contributed by atoms with Crippen LogP contribution in [-0.2, 0) is 0 Å². The van der Waals surface area contributed by atoms with Gasteiger partial charge in [-0.05, 0) is 30.0 Å². The molecule has 1 fully saturated rings. The Bertz CT molecular complexity index is 434. The predicted octanol–water partition coefficient (Wildman–Crippen LogP) is 1.83. The molecule has 4 heteroatoms. The highest BCUT2D eigenvalue weighted by atomic mass is 16.3. The van der Waals surface area contributed by atoms with Crippen molar-refractivity contribution in [2.75, 3.05) is 13.1 Å². The van der Waals surface area contributed by atoms with E-state index in [1.54, 1.807) is 4.90 Å². The molecule has 0 aliphatic carbocycles. The first-order valence-electron chi connectivity index (χ1n) is 5.80. The molecular formula is C13H17NO3. The van der Waals surface area contributed by atoms with E-state index in [9.17, 15) is 15.0 Å². The highest BCUT2D eigenvalue weighted by molar-refractivity contribution is 5.97. The van der Waals surface area contributed by atoms with Crippen molar-refractivity contribution < 1.29 is 15.0 Å². The van der Waals surface area contributed by atoms with Crippen LogP contribution < -0.4 is 0 Å². The van der Waals surface area contributed by atoms with Crippen molar-refractivity contribution >= 4 is 5.91 Å². The Kier molecular flexibility index (Phi) is 2.96. The first-order chi connectivity index (χ1) is 7.99. The number of phenols is 2. The fraction of sp³-hybridized carbons (Fsp3) is 0.462. The molecule has 1 aliphatic rings. The Labute approximate surface area is 100 Å². The van der Waals surface area contributed by atoms with Crippen LogP contribution in [0.25, 0.3) is 0 Å². The molecule has 2 atom stereocenters. The summed E-state index contributed by atoms with van der Waals surface area (Å²) in [6.45, 7) is 5.63. The summed E-state index contributed by atoms with van der Waals surface area (Å²) in [5.74, 6) is 0.637. The number of aromatic hydroxyl groups is 2. The van der Waals surface area contributed by atoms with Crippen molar-refractivity contribution in [3.8, 4) is 11.5 Å². The van der Waals surface area contributed by atoms with Crippen molar-refractivity contribution in [1.29, 1.82) is 0 Å². The average Bonchev–Trinajstić information content (AvgIpc) is 2.62. The molecule has 0 radical (unpaired) electrons. The zero-order valence-electron chi connectivity index (χ0n) is 10.1. The third-order valence-corrected chi connectivity index (χ3v) is 3.49. The first-order valence-corrected chi connectivity index (χ1v) is 5.80. The Balaban J connectivity index is 2.23. The number of carbonyl (C=O) groups excluding carboxylic acids is 1. The van der Waals surface area contributed by atoms with Crippen molar-refractivity contribution in [3.05, 3.63) is 23.8 Å². The molecule has 2 rings (SSSR count). The van der Waals surface area contributed by atoms with E-state index in [0.717, 1.165) is 0 Å². The van der Waals surface area contributed by atoms with E-state index in [1.807, 2.05) is 0 Å². The van der Waals surface area contributed by atoms with Gasteiger partial charge in [-0.25, -0.2) is 0 Å². The van der Waals surface area contributed by atoms with E-state index in [4.69, 9.17) is 0 Å². The maximum Gasteiger partial charge on any atom is 0.257 e. The zero-order chi connectivity index (χ0) is 12.6. The normalized spacial score (nSPS) is 24.0. The topological polar surface area (TPSA) is 60.8 Å². The fourth-order valence-corrected chi connectivity index (χ4v) is 2.16. The van der Waals surface area contributed by atoms with Crippen molar-refractivity contribution in [2.24, 2.45) is 11.8 Å². The molecule has 1 saturated heterocycles. The monoisotopic (exact) mass is 235 g/mol. The molecule has 2 N–H and O–H groups in total. The summed E-state index contributed by atoms with van der Waals surface area (Å²) in [5, 5.41) is 19.0. The lowest BCUT2D eigenvalue weighted by Gasteiger charge is -2.16. The van der Waals surface area contributed by atoms with Crippen LogP contribution in [0.5, 0.6) is 11.5 Å². The third kappa shape index (κ3) is 2.20. The van der Waals surface area contributed by atoms with Crippen LogP contribution in [0.15, 0.2) is 18.2 Å². The standard InChI is InChI=1S/C13H17NO3/c1-8-6-14(7-9(8)2)13(17)11-5-10(15)3-4-12(11)16/h3-5,8-9,15-16H,6-7H2,1-2H3. The number of hydrogen-bond acceptors (Lipinski definition) is 3. The number of nitrogens with zero attached hydrogens (tertiary/aromatic N) is 1. The lowest BCUT2D eigenvalue weighted by atomic mass is 10.0. The van der Waals surface area contributed by atoms with Gasteiger partial charge in [-0.2, -0.15) is 0 Å². The number of hydrogen-bond donors (Lipinski definition) is 2. The van der Waals surface area contributed by atoms with Gasteiger partial charge in [0.05, 0.1) is 5.56 Å². The van der Waals surface area contributed by atoms with Gasteiger partial charge >= 0.3 is 0 Å². The SMILES string of the molecule is CC1CN(C(=O)c2cc(O)ccc2O)CC1C. The summed E-state index contributed by atoms with van der Waals surface area (Å²) in [6, 6.07) is 4.01. The maximum atomic E-state index is 12.2. The lowest BCUT2D eigenvalue weighted by Crippen LogP contribution is -2.28. The minimum Gasteiger partial charge on any atom is -0.508 e. The van der Waals surface area contributed by atoms with Crippen molar-refractivity contribution in [3.63, 3.8) is 0 Å². The summed E-state index contributed by atoms with van der Waals surface area (Å²) in [7, 11) is 0. The number of carbonyl (C=O) groups is 1. The minimum atomic E-state index is -0.213. The molecule has 1 aromatic rings. The molecular weight excluding hydrogens is 218 g/mol. The number of likely N-dealkylation sites (tertiary alicyclic amines) is 1. The number of phenolic OH excluding ortho intramolecular Hbond substituents is 2. The van der Waals surface area contributed by atoms with Gasteiger partial charge in [0.15, 0.2) is 0 Å². The molecule has 2 unspecified atom stereocenters. The van der Waals surface area contributed by atoms with Crippen LogP contribution in [0.3, 0.4) is 0 Å². The predicted molar refractivity (Wildman–Crippen MR) is 64.0 cm³/mol. The van der Waals surface area contributed by atoms with Crippen molar-refractivity contribution in [2.45, 2.75) is 13.8 Å². The quantitative estimate of drug-likeness (QED) is 0.730. The van der Waals surface area contributed by atoms with E-state index in [-0.39, 0.29) is 23.0 Å². The van der Waals surface area contributed by atoms with Gasteiger partial charge in [-0.1, -0.05) is 13.8 Å². The second-order valence-electron chi connectivity index (χ2n) is 4.87. The Hall–Kier alpha value is -1.71. The molecule has 1 aliphatic heterocycles. The van der Waals surface area contributed by atoms with Gasteiger partial charge in [-0.3, -0.25) is 4.79 Å². The lowest BCUT2D eigenvalue weighted by molar-refractivity contribution is 0.0781. The minimum absolute atomic E-state index is 0.00792. The summed E-state index contributed by atoms with van der Waals surface area (Å²) in [5.41, 5.74) is 0.173. The number of rotatable bonds is 1. The second-order valence-corrected chi connectivity index (χ2v) is 4.87. The molecule has 4 nitrogen and oxygen atoms in total. The molecule has 0 aromatic heterocycles. The largest absolute Gasteiger partial charge is 0.508 e. The maximum absolute atomic E-state index is 12.2. The molecule has 1 amide bonds. The first kappa shape index (κ1) is 11.8. The van der Waals surface area contributed by atoms with Gasteiger partial charge in [0.2, 0.25) is 0 Å². The average molecular weight is 235 g/mol. The molecule has 17 heavy (non-hydrogen) atoms. The highest BCUT2D eigenvalue weighted by Crippen LogP contribution is 2.28. The van der Waals surface area contributed by atoms with E-state index in [1.165, 1.54) is 18.2 Å². The molecule has 1 heterocycles. The Morgan fingerprint density at radius 2 is 1.82 bits per heavy atom. The van der Waals surface area contributed by atoms with Crippen molar-refractivity contribution in [1.82, 2.24) is 4.90 Å². The number of amides is 1. The molecule has 0 spiro atoms. The highest BCUT2D eigenvalue weighted by Gasteiger charge is 2.30. The van der Waals surface area contributed by atoms with Gasteiger partial charge in [0.1, 0.15) is 11.5 Å². The molecule has 92 valence electrons. The number of benzene rings is 1. The van der Waals surface area contributed by atoms with E-state index in [0.29, 0.717) is 24.9 Å². The Morgan fingerprint density at radius 1 is 1.24 bits per heavy atom.